The number of hydrogen-bond donors (Lipinski definition) is 2. The van der Waals surface area contributed by atoms with Crippen molar-refractivity contribution in [3.8, 4) is 0 Å². The van der Waals surface area contributed by atoms with Crippen LogP contribution in [0.3, 0.4) is 0 Å². The predicted octanol–water partition coefficient (Wildman–Crippen LogP) is 1.55. The summed E-state index contributed by atoms with van der Waals surface area (Å²) in [4.78, 5) is 35.7. The van der Waals surface area contributed by atoms with Crippen LogP contribution in [0.1, 0.15) is 40.0 Å². The number of aliphatic carboxylic acids is 1. The molecule has 2 fully saturated rings. The van der Waals surface area contributed by atoms with Gasteiger partial charge in [-0.05, 0) is 39.5 Å². The van der Waals surface area contributed by atoms with E-state index in [-0.39, 0.29) is 12.3 Å². The van der Waals surface area contributed by atoms with Crippen LogP contribution in [-0.4, -0.2) is 41.4 Å². The monoisotopic (exact) mass is 313 g/mol. The van der Waals surface area contributed by atoms with E-state index in [1.165, 1.54) is 7.11 Å². The SMILES string of the molecule is COC(=O)[C@@H]1[C@@H]2CCC[C@@](NC(=O)OC(C)(C)C)(C(=O)O)[C@@H]21. The Balaban J connectivity index is 2.20. The summed E-state index contributed by atoms with van der Waals surface area (Å²) in [5, 5.41) is 12.2. The van der Waals surface area contributed by atoms with E-state index in [9.17, 15) is 19.5 Å². The summed E-state index contributed by atoms with van der Waals surface area (Å²) in [5.74, 6) is -2.47. The highest BCUT2D eigenvalue weighted by Crippen LogP contribution is 2.60. The second-order valence-electron chi connectivity index (χ2n) is 7.03. The van der Waals surface area contributed by atoms with E-state index in [1.807, 2.05) is 0 Å². The topological polar surface area (TPSA) is 102 Å². The van der Waals surface area contributed by atoms with Gasteiger partial charge in [0.1, 0.15) is 11.1 Å². The molecule has 4 atom stereocenters. The van der Waals surface area contributed by atoms with Gasteiger partial charge in [0.2, 0.25) is 0 Å². The molecule has 0 aromatic heterocycles. The molecule has 7 heteroatoms. The lowest BCUT2D eigenvalue weighted by Gasteiger charge is -2.34. The highest BCUT2D eigenvalue weighted by molar-refractivity contribution is 5.88. The fraction of sp³-hybridized carbons (Fsp3) is 0.800. The Labute approximate surface area is 129 Å². The zero-order valence-electron chi connectivity index (χ0n) is 13.3. The summed E-state index contributed by atoms with van der Waals surface area (Å²) >= 11 is 0. The molecule has 2 N–H and O–H groups in total. The van der Waals surface area contributed by atoms with Gasteiger partial charge < -0.3 is 19.9 Å². The number of carbonyl (C=O) groups is 3. The molecule has 0 heterocycles. The molecule has 7 nitrogen and oxygen atoms in total. The molecule has 0 aromatic rings. The molecule has 0 spiro atoms. The lowest BCUT2D eigenvalue weighted by atomic mass is 9.81. The number of nitrogens with one attached hydrogen (secondary N) is 1. The van der Waals surface area contributed by atoms with Gasteiger partial charge in [-0.2, -0.15) is 0 Å². The van der Waals surface area contributed by atoms with E-state index in [2.05, 4.69) is 5.32 Å². The fourth-order valence-electron chi connectivity index (χ4n) is 3.58. The normalized spacial score (nSPS) is 33.4. The van der Waals surface area contributed by atoms with Crippen LogP contribution >= 0.6 is 0 Å². The number of carboxylic acid groups (broad SMARTS) is 1. The van der Waals surface area contributed by atoms with Gasteiger partial charge in [-0.1, -0.05) is 6.42 Å². The third-order valence-corrected chi connectivity index (χ3v) is 4.43. The minimum Gasteiger partial charge on any atom is -0.479 e. The smallest absolute Gasteiger partial charge is 0.408 e. The maximum absolute atomic E-state index is 12.0. The molecular weight excluding hydrogens is 290 g/mol. The van der Waals surface area contributed by atoms with Gasteiger partial charge >= 0.3 is 18.0 Å². The van der Waals surface area contributed by atoms with E-state index >= 15 is 0 Å². The van der Waals surface area contributed by atoms with Gasteiger partial charge in [0, 0.05) is 5.92 Å². The molecule has 1 amide bonds. The number of esters is 1. The summed E-state index contributed by atoms with van der Waals surface area (Å²) in [6.07, 6.45) is 0.925. The Bertz CT molecular complexity index is 497. The number of ether oxygens (including phenoxy) is 2. The van der Waals surface area contributed by atoms with Gasteiger partial charge in [-0.15, -0.1) is 0 Å². The quantitative estimate of drug-likeness (QED) is 0.767. The van der Waals surface area contributed by atoms with Gasteiger partial charge in [0.25, 0.3) is 0 Å². The number of fused-ring (bicyclic) bond motifs is 1. The summed E-state index contributed by atoms with van der Waals surface area (Å²) in [6, 6.07) is 0. The Kier molecular flexibility index (Phi) is 4.10. The first-order chi connectivity index (χ1) is 10.1. The zero-order valence-corrected chi connectivity index (χ0v) is 13.3. The lowest BCUT2D eigenvalue weighted by Crippen LogP contribution is -2.58. The predicted molar refractivity (Wildman–Crippen MR) is 76.1 cm³/mol. The summed E-state index contributed by atoms with van der Waals surface area (Å²) in [7, 11) is 1.29. The van der Waals surface area contributed by atoms with Crippen LogP contribution in [0.5, 0.6) is 0 Å². The lowest BCUT2D eigenvalue weighted by molar-refractivity contribution is -0.148. The highest BCUT2D eigenvalue weighted by Gasteiger charge is 2.69. The van der Waals surface area contributed by atoms with Crippen LogP contribution < -0.4 is 5.32 Å². The molecule has 0 saturated heterocycles. The maximum Gasteiger partial charge on any atom is 0.408 e. The Morgan fingerprint density at radius 1 is 1.27 bits per heavy atom. The van der Waals surface area contributed by atoms with Gasteiger partial charge in [-0.25, -0.2) is 9.59 Å². The number of amides is 1. The van der Waals surface area contributed by atoms with Crippen LogP contribution in [0.25, 0.3) is 0 Å². The fourth-order valence-corrected chi connectivity index (χ4v) is 3.58. The molecule has 0 aliphatic heterocycles. The third-order valence-electron chi connectivity index (χ3n) is 4.43. The Hall–Kier alpha value is -1.79. The van der Waals surface area contributed by atoms with Crippen LogP contribution in [0.4, 0.5) is 4.79 Å². The van der Waals surface area contributed by atoms with Crippen molar-refractivity contribution in [1.82, 2.24) is 5.32 Å². The molecule has 0 bridgehead atoms. The average molecular weight is 313 g/mol. The number of rotatable bonds is 3. The van der Waals surface area contributed by atoms with Crippen LogP contribution in [0.15, 0.2) is 0 Å². The molecule has 2 rings (SSSR count). The van der Waals surface area contributed by atoms with Gasteiger partial charge in [0.15, 0.2) is 0 Å². The largest absolute Gasteiger partial charge is 0.479 e. The minimum atomic E-state index is -1.45. The average Bonchev–Trinajstić information content (AvgIpc) is 3.11. The number of carbonyl (C=O) groups excluding carboxylic acids is 2. The van der Waals surface area contributed by atoms with Crippen molar-refractivity contribution in [1.29, 1.82) is 0 Å². The second-order valence-corrected chi connectivity index (χ2v) is 7.03. The first-order valence-corrected chi connectivity index (χ1v) is 7.45. The number of carboxylic acids is 1. The third kappa shape index (κ3) is 2.89. The van der Waals surface area contributed by atoms with E-state index in [1.54, 1.807) is 20.8 Å². The molecule has 0 aromatic carbocycles. The van der Waals surface area contributed by atoms with Crippen molar-refractivity contribution < 1.29 is 29.0 Å². The molecule has 2 aliphatic carbocycles. The van der Waals surface area contributed by atoms with Crippen LogP contribution in [-0.2, 0) is 19.1 Å². The van der Waals surface area contributed by atoms with Gasteiger partial charge in [0.05, 0.1) is 13.0 Å². The molecule has 0 unspecified atom stereocenters. The number of alkyl carbamates (subject to hydrolysis) is 1. The second kappa shape index (κ2) is 5.44. The van der Waals surface area contributed by atoms with E-state index < -0.39 is 41.0 Å². The van der Waals surface area contributed by atoms with E-state index in [4.69, 9.17) is 9.47 Å². The van der Waals surface area contributed by atoms with Crippen molar-refractivity contribution in [3.63, 3.8) is 0 Å². The molecule has 22 heavy (non-hydrogen) atoms. The molecule has 2 saturated carbocycles. The number of methoxy groups -OCH3 is 1. The van der Waals surface area contributed by atoms with Crippen molar-refractivity contribution in [3.05, 3.63) is 0 Å². The Morgan fingerprint density at radius 3 is 2.41 bits per heavy atom. The number of hydrogen-bond acceptors (Lipinski definition) is 5. The van der Waals surface area contributed by atoms with Crippen molar-refractivity contribution in [2.24, 2.45) is 17.8 Å². The summed E-state index contributed by atoms with van der Waals surface area (Å²) in [6.45, 7) is 5.12. The van der Waals surface area contributed by atoms with Crippen LogP contribution in [0, 0.1) is 17.8 Å². The molecule has 2 aliphatic rings. The van der Waals surface area contributed by atoms with Crippen molar-refractivity contribution in [2.75, 3.05) is 7.11 Å². The van der Waals surface area contributed by atoms with Crippen LogP contribution in [0.2, 0.25) is 0 Å². The summed E-state index contributed by atoms with van der Waals surface area (Å²) < 4.78 is 9.92. The first kappa shape index (κ1) is 16.6. The standard InChI is InChI=1S/C15H23NO6/c1-14(2,3)22-13(20)16-15(12(18)19)7-5-6-8-9(10(8)15)11(17)21-4/h8-10H,5-7H2,1-4H3,(H,16,20)(H,18,19)/t8-,9+,10-,15-/m0/s1. The molecular formula is C15H23NO6. The highest BCUT2D eigenvalue weighted by atomic mass is 16.6. The van der Waals surface area contributed by atoms with E-state index in [0.29, 0.717) is 6.42 Å². The van der Waals surface area contributed by atoms with Crippen molar-refractivity contribution in [2.45, 2.75) is 51.2 Å². The first-order valence-electron chi connectivity index (χ1n) is 7.45. The van der Waals surface area contributed by atoms with Gasteiger partial charge in [-0.3, -0.25) is 4.79 Å². The maximum atomic E-state index is 12.0. The zero-order chi connectivity index (χ0) is 16.7. The Morgan fingerprint density at radius 2 is 1.91 bits per heavy atom. The molecule has 0 radical (unpaired) electrons. The summed E-state index contributed by atoms with van der Waals surface area (Å²) in [5.41, 5.74) is -2.17. The van der Waals surface area contributed by atoms with E-state index in [0.717, 1.165) is 6.42 Å². The minimum absolute atomic E-state index is 0.0489. The molecule has 124 valence electrons. The van der Waals surface area contributed by atoms with Crippen molar-refractivity contribution >= 4 is 18.0 Å².